The van der Waals surface area contributed by atoms with Crippen LogP contribution < -0.4 is 0 Å². The molecule has 2 heteroatoms. The van der Waals surface area contributed by atoms with Gasteiger partial charge in [-0.1, -0.05) is 6.42 Å². The molecule has 0 saturated heterocycles. The van der Waals surface area contributed by atoms with Crippen molar-refractivity contribution >= 4 is 0 Å². The Morgan fingerprint density at radius 3 is 3.00 bits per heavy atom. The van der Waals surface area contributed by atoms with Crippen molar-refractivity contribution in [3.8, 4) is 0 Å². The van der Waals surface area contributed by atoms with Gasteiger partial charge in [0.1, 0.15) is 5.82 Å². The van der Waals surface area contributed by atoms with Crippen molar-refractivity contribution in [2.45, 2.75) is 44.9 Å². The molecule has 2 fully saturated rings. The van der Waals surface area contributed by atoms with E-state index in [1.807, 2.05) is 12.4 Å². The summed E-state index contributed by atoms with van der Waals surface area (Å²) in [5.74, 6) is 4.41. The Bertz CT molecular complexity index is 304. The van der Waals surface area contributed by atoms with Gasteiger partial charge in [0.15, 0.2) is 0 Å². The minimum atomic E-state index is 1.05. The number of nitrogens with zero attached hydrogens (tertiary/aromatic N) is 1. The van der Waals surface area contributed by atoms with Crippen molar-refractivity contribution in [2.24, 2.45) is 17.8 Å². The monoisotopic (exact) mass is 204 g/mol. The molecule has 1 N–H and O–H groups in total. The van der Waals surface area contributed by atoms with Crippen LogP contribution in [0.1, 0.15) is 44.3 Å². The molecule has 1 aromatic heterocycles. The lowest BCUT2D eigenvalue weighted by Crippen LogP contribution is -2.10. The molecule has 1 heterocycles. The van der Waals surface area contributed by atoms with Gasteiger partial charge in [0.2, 0.25) is 0 Å². The molecule has 3 rings (SSSR count). The number of nitrogens with one attached hydrogen (secondary N) is 1. The fourth-order valence-electron chi connectivity index (χ4n) is 3.70. The normalized spacial score (nSPS) is 33.7. The first-order valence-corrected chi connectivity index (χ1v) is 6.40. The van der Waals surface area contributed by atoms with Crippen molar-refractivity contribution in [1.82, 2.24) is 9.97 Å². The summed E-state index contributed by atoms with van der Waals surface area (Å²) in [6.45, 7) is 0. The summed E-state index contributed by atoms with van der Waals surface area (Å²) >= 11 is 0. The fraction of sp³-hybridized carbons (Fsp3) is 0.769. The molecule has 15 heavy (non-hydrogen) atoms. The van der Waals surface area contributed by atoms with E-state index in [0.29, 0.717) is 0 Å². The predicted octanol–water partition coefficient (Wildman–Crippen LogP) is 3.17. The Labute approximate surface area is 91.5 Å². The van der Waals surface area contributed by atoms with Crippen molar-refractivity contribution < 1.29 is 0 Å². The molecule has 0 spiro atoms. The number of H-pyrrole nitrogens is 1. The minimum absolute atomic E-state index is 1.05. The van der Waals surface area contributed by atoms with E-state index in [2.05, 4.69) is 9.97 Å². The van der Waals surface area contributed by atoms with Crippen LogP contribution in [0, 0.1) is 17.8 Å². The van der Waals surface area contributed by atoms with Crippen molar-refractivity contribution in [1.29, 1.82) is 0 Å². The van der Waals surface area contributed by atoms with Gasteiger partial charge in [0.05, 0.1) is 0 Å². The first-order valence-electron chi connectivity index (χ1n) is 6.40. The lowest BCUT2D eigenvalue weighted by atomic mass is 9.85. The maximum absolute atomic E-state index is 4.27. The zero-order chi connectivity index (χ0) is 10.1. The molecule has 0 amide bonds. The maximum Gasteiger partial charge on any atom is 0.105 e. The van der Waals surface area contributed by atoms with Gasteiger partial charge in [0.25, 0.3) is 0 Å². The van der Waals surface area contributed by atoms with E-state index in [1.54, 1.807) is 6.42 Å². The smallest absolute Gasteiger partial charge is 0.105 e. The summed E-state index contributed by atoms with van der Waals surface area (Å²) in [4.78, 5) is 7.46. The number of aryl methyl sites for hydroxylation is 1. The van der Waals surface area contributed by atoms with Crippen LogP contribution in [0.25, 0.3) is 0 Å². The lowest BCUT2D eigenvalue weighted by molar-refractivity contribution is 0.308. The summed E-state index contributed by atoms with van der Waals surface area (Å²) < 4.78 is 0. The highest BCUT2D eigenvalue weighted by Crippen LogP contribution is 2.49. The van der Waals surface area contributed by atoms with Gasteiger partial charge in [-0.3, -0.25) is 0 Å². The zero-order valence-electron chi connectivity index (χ0n) is 9.28. The van der Waals surface area contributed by atoms with Gasteiger partial charge >= 0.3 is 0 Å². The molecule has 2 saturated carbocycles. The van der Waals surface area contributed by atoms with E-state index in [4.69, 9.17) is 0 Å². The van der Waals surface area contributed by atoms with Crippen molar-refractivity contribution in [3.63, 3.8) is 0 Å². The summed E-state index contributed by atoms with van der Waals surface area (Å²) in [5.41, 5.74) is 0. The second-order valence-corrected chi connectivity index (χ2v) is 5.36. The molecule has 2 aliphatic carbocycles. The second-order valence-electron chi connectivity index (χ2n) is 5.36. The molecule has 82 valence electrons. The number of imidazole rings is 1. The molecule has 0 aromatic carbocycles. The summed E-state index contributed by atoms with van der Waals surface area (Å²) in [5, 5.41) is 0. The first-order chi connectivity index (χ1) is 7.42. The highest BCUT2D eigenvalue weighted by Gasteiger charge is 2.38. The molecular formula is C13H20N2. The van der Waals surface area contributed by atoms with Crippen LogP contribution in [0.4, 0.5) is 0 Å². The van der Waals surface area contributed by atoms with Crippen LogP contribution in [0.5, 0.6) is 0 Å². The SMILES string of the molecule is c1c[nH]c(CCCC2CC3CCC2C3)n1. The van der Waals surface area contributed by atoms with E-state index in [-0.39, 0.29) is 0 Å². The first kappa shape index (κ1) is 9.44. The predicted molar refractivity (Wildman–Crippen MR) is 60.5 cm³/mol. The van der Waals surface area contributed by atoms with Crippen LogP contribution in [-0.2, 0) is 6.42 Å². The Morgan fingerprint density at radius 2 is 2.33 bits per heavy atom. The number of rotatable bonds is 4. The summed E-state index contributed by atoms with van der Waals surface area (Å²) in [7, 11) is 0. The van der Waals surface area contributed by atoms with Gasteiger partial charge in [0, 0.05) is 18.8 Å². The second kappa shape index (κ2) is 3.99. The highest BCUT2D eigenvalue weighted by molar-refractivity contribution is 4.91. The average molecular weight is 204 g/mol. The van der Waals surface area contributed by atoms with Gasteiger partial charge in [-0.2, -0.15) is 0 Å². The highest BCUT2D eigenvalue weighted by atomic mass is 14.9. The number of hydrogen-bond donors (Lipinski definition) is 1. The lowest BCUT2D eigenvalue weighted by Gasteiger charge is -2.21. The Kier molecular flexibility index (Phi) is 2.51. The number of hydrogen-bond acceptors (Lipinski definition) is 1. The third-order valence-corrected chi connectivity index (χ3v) is 4.43. The Balaban J connectivity index is 1.43. The minimum Gasteiger partial charge on any atom is -0.349 e. The molecule has 0 radical (unpaired) electrons. The van der Waals surface area contributed by atoms with E-state index in [1.165, 1.54) is 32.1 Å². The van der Waals surface area contributed by atoms with Crippen molar-refractivity contribution in [3.05, 3.63) is 18.2 Å². The van der Waals surface area contributed by atoms with E-state index in [0.717, 1.165) is 30.0 Å². The van der Waals surface area contributed by atoms with E-state index < -0.39 is 0 Å². The molecule has 1 aromatic rings. The van der Waals surface area contributed by atoms with Gasteiger partial charge in [-0.15, -0.1) is 0 Å². The van der Waals surface area contributed by atoms with Crippen LogP contribution in [-0.4, -0.2) is 9.97 Å². The molecule has 2 aliphatic rings. The molecule has 2 bridgehead atoms. The maximum atomic E-state index is 4.27. The van der Waals surface area contributed by atoms with Crippen molar-refractivity contribution in [2.75, 3.05) is 0 Å². The topological polar surface area (TPSA) is 28.7 Å². The van der Waals surface area contributed by atoms with Crippen LogP contribution in [0.3, 0.4) is 0 Å². The van der Waals surface area contributed by atoms with E-state index in [9.17, 15) is 0 Å². The van der Waals surface area contributed by atoms with Gasteiger partial charge in [-0.25, -0.2) is 4.98 Å². The Morgan fingerprint density at radius 1 is 1.33 bits per heavy atom. The zero-order valence-corrected chi connectivity index (χ0v) is 9.28. The number of fused-ring (bicyclic) bond motifs is 2. The summed E-state index contributed by atoms with van der Waals surface area (Å²) in [6, 6.07) is 0. The van der Waals surface area contributed by atoms with Gasteiger partial charge in [-0.05, 0) is 49.9 Å². The average Bonchev–Trinajstić information content (AvgIpc) is 2.93. The van der Waals surface area contributed by atoms with Gasteiger partial charge < -0.3 is 4.98 Å². The quantitative estimate of drug-likeness (QED) is 0.801. The fourth-order valence-corrected chi connectivity index (χ4v) is 3.70. The number of aromatic nitrogens is 2. The largest absolute Gasteiger partial charge is 0.349 e. The molecular weight excluding hydrogens is 184 g/mol. The summed E-state index contributed by atoms with van der Waals surface area (Å²) in [6.07, 6.45) is 13.8. The molecule has 3 atom stereocenters. The molecule has 2 nitrogen and oxygen atoms in total. The standard InChI is InChI=1S/C13H20N2/c1(3-13-14-6-7-15-13)2-11-8-10-4-5-12(11)9-10/h6-7,10-12H,1-5,8-9H2,(H,14,15). The third kappa shape index (κ3) is 1.95. The van der Waals surface area contributed by atoms with Crippen LogP contribution in [0.15, 0.2) is 12.4 Å². The van der Waals surface area contributed by atoms with Crippen LogP contribution in [0.2, 0.25) is 0 Å². The third-order valence-electron chi connectivity index (χ3n) is 4.43. The Hall–Kier alpha value is -0.790. The number of aromatic amines is 1. The van der Waals surface area contributed by atoms with E-state index >= 15 is 0 Å². The van der Waals surface area contributed by atoms with Crippen LogP contribution >= 0.6 is 0 Å². The molecule has 0 aliphatic heterocycles. The molecule has 3 unspecified atom stereocenters.